The van der Waals surface area contributed by atoms with E-state index in [1.807, 2.05) is 31.2 Å². The van der Waals surface area contributed by atoms with Gasteiger partial charge < -0.3 is 16.4 Å². The molecule has 19 heavy (non-hydrogen) atoms. The first kappa shape index (κ1) is 15.0. The van der Waals surface area contributed by atoms with Crippen LogP contribution in [0.4, 0.5) is 5.69 Å². The molecule has 0 aliphatic heterocycles. The van der Waals surface area contributed by atoms with Crippen LogP contribution in [0.3, 0.4) is 0 Å². The third kappa shape index (κ3) is 5.90. The standard InChI is InChI=1S/C14H22N4O/c1-3-8-16-14(15)17-10-13(19)18-12-7-5-6-11(4-2)9-12/h5-7,9H,3-4,8,10H2,1-2H3,(H,18,19)(H3,15,16,17). The number of benzene rings is 1. The summed E-state index contributed by atoms with van der Waals surface area (Å²) in [7, 11) is 0. The van der Waals surface area contributed by atoms with E-state index in [1.54, 1.807) is 0 Å². The van der Waals surface area contributed by atoms with Crippen LogP contribution in [0.25, 0.3) is 0 Å². The van der Waals surface area contributed by atoms with Crippen LogP contribution in [-0.2, 0) is 11.2 Å². The fraction of sp³-hybridized carbons (Fsp3) is 0.429. The molecule has 5 nitrogen and oxygen atoms in total. The highest BCUT2D eigenvalue weighted by atomic mass is 16.1. The Kier molecular flexibility index (Phi) is 6.43. The van der Waals surface area contributed by atoms with Crippen LogP contribution in [-0.4, -0.2) is 25.0 Å². The maximum atomic E-state index is 11.7. The molecular weight excluding hydrogens is 240 g/mol. The molecule has 104 valence electrons. The largest absolute Gasteiger partial charge is 0.370 e. The Morgan fingerprint density at radius 3 is 2.84 bits per heavy atom. The van der Waals surface area contributed by atoms with Gasteiger partial charge in [-0.15, -0.1) is 0 Å². The summed E-state index contributed by atoms with van der Waals surface area (Å²) in [5.41, 5.74) is 7.58. The molecule has 0 aliphatic carbocycles. The fourth-order valence-corrected chi connectivity index (χ4v) is 1.54. The zero-order valence-electron chi connectivity index (χ0n) is 11.6. The van der Waals surface area contributed by atoms with Gasteiger partial charge >= 0.3 is 0 Å². The number of hydrogen-bond acceptors (Lipinski definition) is 2. The second-order valence-electron chi connectivity index (χ2n) is 4.23. The van der Waals surface area contributed by atoms with Crippen LogP contribution in [0.5, 0.6) is 0 Å². The number of anilines is 1. The molecule has 0 heterocycles. The molecular formula is C14H22N4O. The molecule has 0 bridgehead atoms. The van der Waals surface area contributed by atoms with E-state index in [1.165, 1.54) is 5.56 Å². The summed E-state index contributed by atoms with van der Waals surface area (Å²) in [6, 6.07) is 7.77. The van der Waals surface area contributed by atoms with Gasteiger partial charge in [-0.25, -0.2) is 4.99 Å². The van der Waals surface area contributed by atoms with Crippen LogP contribution in [0.2, 0.25) is 0 Å². The zero-order valence-corrected chi connectivity index (χ0v) is 11.6. The maximum Gasteiger partial charge on any atom is 0.246 e. The molecule has 0 atom stereocenters. The van der Waals surface area contributed by atoms with Crippen molar-refractivity contribution in [2.45, 2.75) is 26.7 Å². The maximum absolute atomic E-state index is 11.7. The van der Waals surface area contributed by atoms with Crippen molar-refractivity contribution in [2.75, 3.05) is 18.4 Å². The van der Waals surface area contributed by atoms with Gasteiger partial charge in [-0.05, 0) is 30.5 Å². The molecule has 1 aromatic rings. The molecule has 0 aliphatic rings. The molecule has 4 N–H and O–H groups in total. The second kappa shape index (κ2) is 8.13. The third-order valence-corrected chi connectivity index (χ3v) is 2.57. The van der Waals surface area contributed by atoms with Crippen LogP contribution < -0.4 is 16.4 Å². The number of nitrogens with two attached hydrogens (primary N) is 1. The zero-order chi connectivity index (χ0) is 14.1. The van der Waals surface area contributed by atoms with Crippen molar-refractivity contribution >= 4 is 17.6 Å². The van der Waals surface area contributed by atoms with Crippen LogP contribution in [0, 0.1) is 0 Å². The molecule has 0 saturated heterocycles. The molecule has 1 amide bonds. The topological polar surface area (TPSA) is 79.5 Å². The highest BCUT2D eigenvalue weighted by Gasteiger charge is 2.02. The lowest BCUT2D eigenvalue weighted by atomic mass is 10.1. The highest BCUT2D eigenvalue weighted by Crippen LogP contribution is 2.10. The Balaban J connectivity index is 2.46. The minimum Gasteiger partial charge on any atom is -0.370 e. The van der Waals surface area contributed by atoms with E-state index in [-0.39, 0.29) is 12.5 Å². The second-order valence-corrected chi connectivity index (χ2v) is 4.23. The summed E-state index contributed by atoms with van der Waals surface area (Å²) >= 11 is 0. The molecule has 0 aromatic heterocycles. The number of aliphatic imine (C=N–C) groups is 1. The van der Waals surface area contributed by atoms with Gasteiger partial charge in [0.2, 0.25) is 5.91 Å². The summed E-state index contributed by atoms with van der Waals surface area (Å²) in [6.07, 6.45) is 1.90. The average molecular weight is 262 g/mol. The van der Waals surface area contributed by atoms with Crippen molar-refractivity contribution in [3.05, 3.63) is 29.8 Å². The molecule has 0 spiro atoms. The SMILES string of the molecule is CCCNC(N)=NCC(=O)Nc1cccc(CC)c1. The monoisotopic (exact) mass is 262 g/mol. The lowest BCUT2D eigenvalue weighted by Gasteiger charge is -2.06. The number of carbonyl (C=O) groups excluding carboxylic acids is 1. The quantitative estimate of drug-likeness (QED) is 0.537. The lowest BCUT2D eigenvalue weighted by molar-refractivity contribution is -0.114. The van der Waals surface area contributed by atoms with Crippen molar-refractivity contribution in [1.29, 1.82) is 0 Å². The average Bonchev–Trinajstić information content (AvgIpc) is 2.43. The predicted molar refractivity (Wildman–Crippen MR) is 79.2 cm³/mol. The first-order chi connectivity index (χ1) is 9.15. The van der Waals surface area contributed by atoms with Gasteiger partial charge in [0, 0.05) is 12.2 Å². The van der Waals surface area contributed by atoms with Crippen LogP contribution in [0.15, 0.2) is 29.3 Å². The number of hydrogen-bond donors (Lipinski definition) is 3. The first-order valence-electron chi connectivity index (χ1n) is 6.58. The number of carbonyl (C=O) groups is 1. The molecule has 1 rings (SSSR count). The first-order valence-corrected chi connectivity index (χ1v) is 6.58. The smallest absolute Gasteiger partial charge is 0.246 e. The predicted octanol–water partition coefficient (Wildman–Crippen LogP) is 1.50. The van der Waals surface area contributed by atoms with Crippen molar-refractivity contribution in [3.63, 3.8) is 0 Å². The number of aryl methyl sites for hydroxylation is 1. The number of nitrogens with one attached hydrogen (secondary N) is 2. The van der Waals surface area contributed by atoms with Crippen molar-refractivity contribution in [3.8, 4) is 0 Å². The number of amides is 1. The van der Waals surface area contributed by atoms with E-state index >= 15 is 0 Å². The summed E-state index contributed by atoms with van der Waals surface area (Å²) in [4.78, 5) is 15.7. The van der Waals surface area contributed by atoms with Crippen molar-refractivity contribution < 1.29 is 4.79 Å². The summed E-state index contributed by atoms with van der Waals surface area (Å²) in [5.74, 6) is 0.133. The van der Waals surface area contributed by atoms with Gasteiger partial charge in [0.15, 0.2) is 5.96 Å². The Bertz CT molecular complexity index is 443. The van der Waals surface area contributed by atoms with Gasteiger partial charge in [0.25, 0.3) is 0 Å². The normalized spacial score (nSPS) is 11.2. The molecule has 0 radical (unpaired) electrons. The fourth-order valence-electron chi connectivity index (χ4n) is 1.54. The molecule has 0 unspecified atom stereocenters. The van der Waals surface area contributed by atoms with Gasteiger partial charge in [-0.1, -0.05) is 26.0 Å². The van der Waals surface area contributed by atoms with E-state index in [0.29, 0.717) is 5.96 Å². The Morgan fingerprint density at radius 1 is 1.37 bits per heavy atom. The van der Waals surface area contributed by atoms with Gasteiger partial charge in [0.05, 0.1) is 0 Å². The van der Waals surface area contributed by atoms with E-state index in [9.17, 15) is 4.79 Å². The Hall–Kier alpha value is -2.04. The highest BCUT2D eigenvalue weighted by molar-refractivity contribution is 5.93. The summed E-state index contributed by atoms with van der Waals surface area (Å²) in [5, 5.41) is 5.72. The number of rotatable bonds is 6. The minimum absolute atomic E-state index is 0.0267. The summed E-state index contributed by atoms with van der Waals surface area (Å²) < 4.78 is 0. The lowest BCUT2D eigenvalue weighted by Crippen LogP contribution is -2.33. The molecule has 1 aromatic carbocycles. The van der Waals surface area contributed by atoms with Crippen molar-refractivity contribution in [2.24, 2.45) is 10.7 Å². The van der Waals surface area contributed by atoms with Gasteiger partial charge in [-0.3, -0.25) is 4.79 Å². The molecule has 0 saturated carbocycles. The van der Waals surface area contributed by atoms with Crippen molar-refractivity contribution in [1.82, 2.24) is 5.32 Å². The molecule has 5 heteroatoms. The van der Waals surface area contributed by atoms with Gasteiger partial charge in [0.1, 0.15) is 6.54 Å². The molecule has 0 fully saturated rings. The Morgan fingerprint density at radius 2 is 2.16 bits per heavy atom. The van der Waals surface area contributed by atoms with E-state index in [0.717, 1.165) is 25.1 Å². The summed E-state index contributed by atoms with van der Waals surface area (Å²) in [6.45, 7) is 4.90. The minimum atomic E-state index is -0.172. The number of nitrogens with zero attached hydrogens (tertiary/aromatic N) is 1. The van der Waals surface area contributed by atoms with Crippen LogP contribution in [0.1, 0.15) is 25.8 Å². The van der Waals surface area contributed by atoms with Gasteiger partial charge in [-0.2, -0.15) is 0 Å². The van der Waals surface area contributed by atoms with E-state index in [4.69, 9.17) is 5.73 Å². The Labute approximate surface area is 114 Å². The van der Waals surface area contributed by atoms with E-state index < -0.39 is 0 Å². The number of guanidine groups is 1. The third-order valence-electron chi connectivity index (χ3n) is 2.57. The van der Waals surface area contributed by atoms with Crippen LogP contribution >= 0.6 is 0 Å². The van der Waals surface area contributed by atoms with E-state index in [2.05, 4.69) is 22.5 Å².